The smallest absolute Gasteiger partial charge is 0.387 e. The molecule has 32 heavy (non-hydrogen) atoms. The van der Waals surface area contributed by atoms with E-state index in [2.05, 4.69) is 10.1 Å². The Morgan fingerprint density at radius 3 is 2.69 bits per heavy atom. The normalized spacial score (nSPS) is 17.9. The van der Waals surface area contributed by atoms with E-state index in [4.69, 9.17) is 10.5 Å². The van der Waals surface area contributed by atoms with Gasteiger partial charge in [-0.3, -0.25) is 19.3 Å². The zero-order valence-corrected chi connectivity index (χ0v) is 17.9. The van der Waals surface area contributed by atoms with Crippen LogP contribution in [-0.4, -0.2) is 68.1 Å². The predicted octanol–water partition coefficient (Wildman–Crippen LogP) is 1.57. The molecule has 3 rings (SSSR count). The number of carbonyl (C=O) groups excluding carboxylic acids is 3. The van der Waals surface area contributed by atoms with Gasteiger partial charge in [-0.15, -0.1) is 0 Å². The van der Waals surface area contributed by atoms with E-state index in [0.717, 1.165) is 19.3 Å². The third kappa shape index (κ3) is 5.71. The Balaban J connectivity index is 1.81. The molecular formula is C21H28F2N4O5. The van der Waals surface area contributed by atoms with E-state index in [1.807, 2.05) is 6.92 Å². The molecule has 0 bridgehead atoms. The minimum absolute atomic E-state index is 0.0503. The second-order valence-electron chi connectivity index (χ2n) is 7.84. The first-order valence-corrected chi connectivity index (χ1v) is 10.6. The Kier molecular flexibility index (Phi) is 7.97. The lowest BCUT2D eigenvalue weighted by molar-refractivity contribution is -0.133. The molecule has 1 atom stereocenters. The van der Waals surface area contributed by atoms with E-state index in [0.29, 0.717) is 31.3 Å². The van der Waals surface area contributed by atoms with Crippen LogP contribution in [0.2, 0.25) is 0 Å². The summed E-state index contributed by atoms with van der Waals surface area (Å²) in [4.78, 5) is 40.2. The summed E-state index contributed by atoms with van der Waals surface area (Å²) in [6.45, 7) is 0.0997. The van der Waals surface area contributed by atoms with Crippen LogP contribution in [0.3, 0.4) is 0 Å². The Morgan fingerprint density at radius 2 is 2.12 bits per heavy atom. The first-order valence-electron chi connectivity index (χ1n) is 10.6. The van der Waals surface area contributed by atoms with Gasteiger partial charge >= 0.3 is 6.61 Å². The molecule has 0 aromatic heterocycles. The summed E-state index contributed by atoms with van der Waals surface area (Å²) in [6, 6.07) is 2.85. The van der Waals surface area contributed by atoms with E-state index in [9.17, 15) is 23.2 Å². The Bertz CT molecular complexity index is 849. The summed E-state index contributed by atoms with van der Waals surface area (Å²) in [6.07, 6.45) is 3.16. The van der Waals surface area contributed by atoms with Crippen molar-refractivity contribution < 1.29 is 32.6 Å². The van der Waals surface area contributed by atoms with Crippen LogP contribution in [0, 0.1) is 5.92 Å². The van der Waals surface area contributed by atoms with Gasteiger partial charge in [-0.05, 0) is 37.4 Å². The molecule has 3 amide bonds. The van der Waals surface area contributed by atoms with Crippen LogP contribution in [0.4, 0.5) is 20.2 Å². The Labute approximate surface area is 184 Å². The maximum absolute atomic E-state index is 13.0. The molecule has 1 saturated heterocycles. The maximum Gasteiger partial charge on any atom is 0.387 e. The number of nitrogens with zero attached hydrogens (tertiary/aromatic N) is 2. The van der Waals surface area contributed by atoms with E-state index in [1.54, 1.807) is 4.90 Å². The number of nitrogens with two attached hydrogens (primary N) is 1. The van der Waals surface area contributed by atoms with Crippen molar-refractivity contribution in [2.24, 2.45) is 11.7 Å². The molecule has 3 N–H and O–H groups in total. The summed E-state index contributed by atoms with van der Waals surface area (Å²) in [5, 5.41) is 2.49. The van der Waals surface area contributed by atoms with Crippen molar-refractivity contribution in [3.8, 4) is 5.75 Å². The SMILES string of the molecule is CCN(CC1CCC1)[C@@H](C(N)=O)C(=O)Nc1ccc(N2CCOCC2=O)cc1OC(F)F. The quantitative estimate of drug-likeness (QED) is 0.519. The van der Waals surface area contributed by atoms with Crippen molar-refractivity contribution in [2.45, 2.75) is 38.8 Å². The molecule has 9 nitrogen and oxygen atoms in total. The van der Waals surface area contributed by atoms with Gasteiger partial charge in [0.25, 0.3) is 11.8 Å². The van der Waals surface area contributed by atoms with Crippen LogP contribution >= 0.6 is 0 Å². The molecule has 0 radical (unpaired) electrons. The van der Waals surface area contributed by atoms with Gasteiger partial charge in [-0.1, -0.05) is 13.3 Å². The molecule has 1 aliphatic carbocycles. The number of nitrogens with one attached hydrogen (secondary N) is 1. The third-order valence-corrected chi connectivity index (χ3v) is 5.74. The zero-order chi connectivity index (χ0) is 23.3. The topological polar surface area (TPSA) is 114 Å². The average Bonchev–Trinajstić information content (AvgIpc) is 2.70. The van der Waals surface area contributed by atoms with Gasteiger partial charge in [0.05, 0.1) is 12.3 Å². The molecule has 176 valence electrons. The van der Waals surface area contributed by atoms with E-state index in [1.165, 1.54) is 23.1 Å². The molecule has 1 aromatic carbocycles. The van der Waals surface area contributed by atoms with E-state index in [-0.39, 0.29) is 30.5 Å². The predicted molar refractivity (Wildman–Crippen MR) is 112 cm³/mol. The number of anilines is 2. The molecule has 1 aromatic rings. The van der Waals surface area contributed by atoms with Crippen molar-refractivity contribution in [1.29, 1.82) is 0 Å². The van der Waals surface area contributed by atoms with Gasteiger partial charge in [0, 0.05) is 24.8 Å². The fourth-order valence-electron chi connectivity index (χ4n) is 3.87. The van der Waals surface area contributed by atoms with Crippen LogP contribution in [0.15, 0.2) is 18.2 Å². The van der Waals surface area contributed by atoms with Crippen molar-refractivity contribution in [3.05, 3.63) is 18.2 Å². The highest BCUT2D eigenvalue weighted by atomic mass is 19.3. The fraction of sp³-hybridized carbons (Fsp3) is 0.571. The summed E-state index contributed by atoms with van der Waals surface area (Å²) >= 11 is 0. The number of rotatable bonds is 10. The molecule has 2 fully saturated rings. The van der Waals surface area contributed by atoms with Crippen LogP contribution in [0.25, 0.3) is 0 Å². The standard InChI is InChI=1S/C21H28F2N4O5/c1-2-26(11-13-4-3-5-13)18(19(24)29)20(30)25-15-7-6-14(10-16(15)32-21(22)23)27-8-9-31-12-17(27)28/h6-7,10,13,18,21H,2-5,8-9,11-12H2,1H3,(H2,24,29)(H,25,30)/t18-/m0/s1. The highest BCUT2D eigenvalue weighted by Crippen LogP contribution is 2.33. The number of likely N-dealkylation sites (N-methyl/N-ethyl adjacent to an activating group) is 1. The largest absolute Gasteiger partial charge is 0.433 e. The van der Waals surface area contributed by atoms with Gasteiger partial charge in [0.1, 0.15) is 6.61 Å². The number of hydrogen-bond acceptors (Lipinski definition) is 6. The van der Waals surface area contributed by atoms with Gasteiger partial charge in [-0.25, -0.2) is 0 Å². The molecular weight excluding hydrogens is 426 g/mol. The number of alkyl halides is 2. The number of amides is 3. The highest BCUT2D eigenvalue weighted by Gasteiger charge is 2.34. The molecule has 2 aliphatic rings. The number of hydrogen-bond donors (Lipinski definition) is 2. The summed E-state index contributed by atoms with van der Waals surface area (Å²) in [7, 11) is 0. The molecule has 1 aliphatic heterocycles. The van der Waals surface area contributed by atoms with Crippen LogP contribution < -0.4 is 20.7 Å². The maximum atomic E-state index is 13.0. The minimum Gasteiger partial charge on any atom is -0.433 e. The summed E-state index contributed by atoms with van der Waals surface area (Å²) in [5.74, 6) is -1.80. The third-order valence-electron chi connectivity index (χ3n) is 5.74. The van der Waals surface area contributed by atoms with Crippen molar-refractivity contribution >= 4 is 29.1 Å². The Hall–Kier alpha value is -2.79. The molecule has 0 spiro atoms. The number of benzene rings is 1. The number of primary amides is 1. The number of halogens is 2. The van der Waals surface area contributed by atoms with E-state index < -0.39 is 24.5 Å². The minimum atomic E-state index is -3.15. The highest BCUT2D eigenvalue weighted by molar-refractivity contribution is 6.10. The molecule has 1 heterocycles. The second-order valence-corrected chi connectivity index (χ2v) is 7.84. The van der Waals surface area contributed by atoms with Gasteiger partial charge in [0.15, 0.2) is 11.8 Å². The van der Waals surface area contributed by atoms with Crippen molar-refractivity contribution in [3.63, 3.8) is 0 Å². The number of morpholine rings is 1. The van der Waals surface area contributed by atoms with Crippen LogP contribution in [0.1, 0.15) is 26.2 Å². The Morgan fingerprint density at radius 1 is 1.38 bits per heavy atom. The van der Waals surface area contributed by atoms with Crippen LogP contribution in [0.5, 0.6) is 5.75 Å². The van der Waals surface area contributed by atoms with Crippen molar-refractivity contribution in [1.82, 2.24) is 4.90 Å². The molecule has 11 heteroatoms. The summed E-state index contributed by atoms with van der Waals surface area (Å²) < 4.78 is 35.7. The van der Waals surface area contributed by atoms with Gasteiger partial charge in [-0.2, -0.15) is 8.78 Å². The van der Waals surface area contributed by atoms with Crippen molar-refractivity contribution in [2.75, 3.05) is 43.1 Å². The molecule has 1 saturated carbocycles. The average molecular weight is 454 g/mol. The van der Waals surface area contributed by atoms with Gasteiger partial charge < -0.3 is 25.4 Å². The van der Waals surface area contributed by atoms with E-state index >= 15 is 0 Å². The number of ether oxygens (including phenoxy) is 2. The molecule has 0 unspecified atom stereocenters. The van der Waals surface area contributed by atoms with Crippen LogP contribution in [-0.2, 0) is 19.1 Å². The lowest BCUT2D eigenvalue weighted by Gasteiger charge is -2.34. The second kappa shape index (κ2) is 10.7. The lowest BCUT2D eigenvalue weighted by Crippen LogP contribution is -2.53. The first-order chi connectivity index (χ1) is 15.3. The summed E-state index contributed by atoms with van der Waals surface area (Å²) in [5.41, 5.74) is 5.79. The monoisotopic (exact) mass is 454 g/mol. The zero-order valence-electron chi connectivity index (χ0n) is 17.9. The van der Waals surface area contributed by atoms with Gasteiger partial charge in [0.2, 0.25) is 5.91 Å². The fourth-order valence-corrected chi connectivity index (χ4v) is 3.87. The lowest BCUT2D eigenvalue weighted by atomic mass is 9.85. The first kappa shape index (κ1) is 23.9. The number of carbonyl (C=O) groups is 3.